The van der Waals surface area contributed by atoms with Crippen LogP contribution >= 0.6 is 11.8 Å². The summed E-state index contributed by atoms with van der Waals surface area (Å²) in [6, 6.07) is -1.34. The number of aliphatic carboxylic acids is 1. The number of carboxylic acid groups (broad SMARTS) is 1. The molecule has 0 aromatic rings. The molecule has 2 atom stereocenters. The van der Waals surface area contributed by atoms with Gasteiger partial charge in [0, 0.05) is 19.3 Å². The van der Waals surface area contributed by atoms with Crippen LogP contribution in [0.3, 0.4) is 0 Å². The molecule has 0 aromatic carbocycles. The molecule has 2 N–H and O–H groups in total. The number of nitrogens with zero attached hydrogens (tertiary/aromatic N) is 2. The minimum atomic E-state index is -1.02. The molecule has 21 heavy (non-hydrogen) atoms. The average molecular weight is 317 g/mol. The van der Waals surface area contributed by atoms with Crippen molar-refractivity contribution in [2.24, 2.45) is 5.92 Å². The second-order valence-corrected chi connectivity index (χ2v) is 6.45. The normalized spacial score (nSPS) is 21.5. The van der Waals surface area contributed by atoms with Crippen LogP contribution in [0.15, 0.2) is 0 Å². The number of amides is 3. The predicted molar refractivity (Wildman–Crippen MR) is 81.1 cm³/mol. The maximum Gasteiger partial charge on any atom is 0.327 e. The van der Waals surface area contributed by atoms with Gasteiger partial charge in [0.25, 0.3) is 0 Å². The van der Waals surface area contributed by atoms with Gasteiger partial charge in [0.1, 0.15) is 6.04 Å². The Balaban J connectivity index is 2.71. The number of carbonyl (C=O) groups excluding carboxylic acids is 2. The molecule has 0 saturated carbocycles. The van der Waals surface area contributed by atoms with Crippen LogP contribution < -0.4 is 5.32 Å². The Hall–Kier alpha value is -1.44. The third kappa shape index (κ3) is 4.26. The van der Waals surface area contributed by atoms with E-state index in [0.29, 0.717) is 12.3 Å². The van der Waals surface area contributed by atoms with Crippen LogP contribution in [0, 0.1) is 5.92 Å². The molecule has 7 nitrogen and oxygen atoms in total. The highest BCUT2D eigenvalue weighted by atomic mass is 32.2. The first kappa shape index (κ1) is 17.6. The fourth-order valence-corrected chi connectivity index (χ4v) is 3.51. The lowest BCUT2D eigenvalue weighted by atomic mass is 10.2. The third-order valence-corrected chi connectivity index (χ3v) is 5.04. The van der Waals surface area contributed by atoms with Crippen LogP contribution in [-0.2, 0) is 9.59 Å². The maximum atomic E-state index is 12.3. The number of carboxylic acids is 1. The van der Waals surface area contributed by atoms with Crippen molar-refractivity contribution < 1.29 is 19.5 Å². The van der Waals surface area contributed by atoms with E-state index in [0.717, 1.165) is 0 Å². The van der Waals surface area contributed by atoms with E-state index in [1.165, 1.54) is 21.6 Å². The summed E-state index contributed by atoms with van der Waals surface area (Å²) in [5, 5.41) is 11.6. The molecular weight excluding hydrogens is 294 g/mol. The van der Waals surface area contributed by atoms with Gasteiger partial charge in [0.15, 0.2) is 0 Å². The monoisotopic (exact) mass is 317 g/mol. The molecule has 1 heterocycles. The van der Waals surface area contributed by atoms with E-state index < -0.39 is 18.0 Å². The van der Waals surface area contributed by atoms with E-state index in [2.05, 4.69) is 5.32 Å². The molecule has 0 radical (unpaired) electrons. The average Bonchev–Trinajstić information content (AvgIpc) is 2.88. The molecule has 1 saturated heterocycles. The van der Waals surface area contributed by atoms with Gasteiger partial charge < -0.3 is 15.3 Å². The van der Waals surface area contributed by atoms with Crippen LogP contribution in [0.1, 0.15) is 20.8 Å². The molecule has 3 amide bonds. The standard InChI is InChI=1S/C13H23N3O4S/c1-5-15(4)10(17)6-14-13(20)16-9(12(18)19)7-21-11(16)8(2)3/h8-9,11H,5-7H2,1-4H3,(H,14,20)(H,18,19). The number of nitrogens with one attached hydrogen (secondary N) is 1. The van der Waals surface area contributed by atoms with Crippen molar-refractivity contribution >= 4 is 29.7 Å². The number of likely N-dealkylation sites (N-methyl/N-ethyl adjacent to an activating group) is 1. The molecule has 1 fully saturated rings. The van der Waals surface area contributed by atoms with E-state index >= 15 is 0 Å². The van der Waals surface area contributed by atoms with Crippen molar-refractivity contribution in [3.8, 4) is 0 Å². The Bertz CT molecular complexity index is 416. The Kier molecular flexibility index (Phi) is 6.32. The van der Waals surface area contributed by atoms with Crippen molar-refractivity contribution in [3.05, 3.63) is 0 Å². The highest BCUT2D eigenvalue weighted by molar-refractivity contribution is 8.00. The van der Waals surface area contributed by atoms with E-state index in [-0.39, 0.29) is 23.7 Å². The molecule has 0 aliphatic carbocycles. The van der Waals surface area contributed by atoms with Crippen molar-refractivity contribution in [2.45, 2.75) is 32.2 Å². The Labute approximate surface area is 129 Å². The zero-order valence-electron chi connectivity index (χ0n) is 12.8. The Morgan fingerprint density at radius 3 is 2.52 bits per heavy atom. The number of rotatable bonds is 5. The first-order valence-corrected chi connectivity index (χ1v) is 7.99. The number of urea groups is 1. The predicted octanol–water partition coefficient (Wildman–Crippen LogP) is 0.658. The molecule has 2 unspecified atom stereocenters. The van der Waals surface area contributed by atoms with Crippen LogP contribution in [0.4, 0.5) is 4.79 Å². The zero-order valence-corrected chi connectivity index (χ0v) is 13.6. The van der Waals surface area contributed by atoms with Gasteiger partial charge in [-0.1, -0.05) is 13.8 Å². The smallest absolute Gasteiger partial charge is 0.327 e. The molecule has 1 rings (SSSR count). The number of thioether (sulfide) groups is 1. The van der Waals surface area contributed by atoms with E-state index in [1.54, 1.807) is 7.05 Å². The summed E-state index contributed by atoms with van der Waals surface area (Å²) >= 11 is 1.46. The van der Waals surface area contributed by atoms with E-state index in [1.807, 2.05) is 20.8 Å². The second kappa shape index (κ2) is 7.53. The summed E-state index contributed by atoms with van der Waals surface area (Å²) in [6.45, 7) is 6.16. The van der Waals surface area contributed by atoms with Crippen LogP contribution in [0.2, 0.25) is 0 Å². The summed E-state index contributed by atoms with van der Waals surface area (Å²) in [5.41, 5.74) is 0. The molecule has 120 valence electrons. The molecule has 1 aliphatic heterocycles. The number of carbonyl (C=O) groups is 3. The quantitative estimate of drug-likeness (QED) is 0.777. The summed E-state index contributed by atoms with van der Waals surface area (Å²) < 4.78 is 0. The molecule has 1 aliphatic rings. The number of hydrogen-bond acceptors (Lipinski definition) is 4. The van der Waals surface area contributed by atoms with Crippen molar-refractivity contribution in [3.63, 3.8) is 0 Å². The van der Waals surface area contributed by atoms with E-state index in [9.17, 15) is 19.5 Å². The molecular formula is C13H23N3O4S. The van der Waals surface area contributed by atoms with Gasteiger partial charge >= 0.3 is 12.0 Å². The maximum absolute atomic E-state index is 12.3. The Morgan fingerprint density at radius 1 is 1.43 bits per heavy atom. The molecule has 0 bridgehead atoms. The summed E-state index contributed by atoms with van der Waals surface area (Å²) in [7, 11) is 1.65. The largest absolute Gasteiger partial charge is 0.480 e. The number of hydrogen-bond donors (Lipinski definition) is 2. The fourth-order valence-electron chi connectivity index (χ4n) is 2.04. The highest BCUT2D eigenvalue weighted by Crippen LogP contribution is 2.33. The topological polar surface area (TPSA) is 90.0 Å². The summed E-state index contributed by atoms with van der Waals surface area (Å²) in [4.78, 5) is 38.1. The van der Waals surface area contributed by atoms with Crippen molar-refractivity contribution in [1.29, 1.82) is 0 Å². The summed E-state index contributed by atoms with van der Waals surface area (Å²) in [6.07, 6.45) is 0. The Morgan fingerprint density at radius 2 is 2.05 bits per heavy atom. The van der Waals surface area contributed by atoms with Crippen LogP contribution in [-0.4, -0.2) is 70.1 Å². The minimum Gasteiger partial charge on any atom is -0.480 e. The first-order valence-electron chi connectivity index (χ1n) is 6.94. The fraction of sp³-hybridized carbons (Fsp3) is 0.769. The van der Waals surface area contributed by atoms with Gasteiger partial charge in [-0.2, -0.15) is 0 Å². The van der Waals surface area contributed by atoms with Gasteiger partial charge in [-0.05, 0) is 12.8 Å². The first-order chi connectivity index (χ1) is 9.79. The van der Waals surface area contributed by atoms with Gasteiger partial charge in [-0.3, -0.25) is 9.69 Å². The van der Waals surface area contributed by atoms with Crippen LogP contribution in [0.5, 0.6) is 0 Å². The lowest BCUT2D eigenvalue weighted by Gasteiger charge is -2.29. The molecule has 0 aromatic heterocycles. The molecule has 8 heteroatoms. The summed E-state index contributed by atoms with van der Waals surface area (Å²) in [5.74, 6) is -0.711. The van der Waals surface area contributed by atoms with Crippen molar-refractivity contribution in [2.75, 3.05) is 25.9 Å². The van der Waals surface area contributed by atoms with E-state index in [4.69, 9.17) is 0 Å². The lowest BCUT2D eigenvalue weighted by Crippen LogP contribution is -2.52. The molecule has 0 spiro atoms. The minimum absolute atomic E-state index is 0.124. The van der Waals surface area contributed by atoms with Gasteiger partial charge in [-0.25, -0.2) is 9.59 Å². The second-order valence-electron chi connectivity index (χ2n) is 5.30. The van der Waals surface area contributed by atoms with Gasteiger partial charge in [0.2, 0.25) is 5.91 Å². The van der Waals surface area contributed by atoms with Crippen molar-refractivity contribution in [1.82, 2.24) is 15.1 Å². The van der Waals surface area contributed by atoms with Gasteiger partial charge in [-0.15, -0.1) is 11.8 Å². The third-order valence-electron chi connectivity index (χ3n) is 3.42. The van der Waals surface area contributed by atoms with Crippen LogP contribution in [0.25, 0.3) is 0 Å². The van der Waals surface area contributed by atoms with Gasteiger partial charge in [0.05, 0.1) is 11.9 Å². The highest BCUT2D eigenvalue weighted by Gasteiger charge is 2.42. The lowest BCUT2D eigenvalue weighted by molar-refractivity contribution is -0.141. The SMILES string of the molecule is CCN(C)C(=O)CNC(=O)N1C(C(=O)O)CSC1C(C)C. The zero-order chi connectivity index (χ0) is 16.2.